The molecule has 0 radical (unpaired) electrons. The van der Waals surface area contributed by atoms with Gasteiger partial charge in [-0.3, -0.25) is 4.79 Å². The van der Waals surface area contributed by atoms with Crippen molar-refractivity contribution in [3.8, 4) is 0 Å². The second kappa shape index (κ2) is 4.44. The van der Waals surface area contributed by atoms with Gasteiger partial charge in [0.15, 0.2) is 5.78 Å². The fourth-order valence-corrected chi connectivity index (χ4v) is 2.16. The highest BCUT2D eigenvalue weighted by Crippen LogP contribution is 2.31. The molecule has 3 heteroatoms. The molecule has 1 unspecified atom stereocenters. The van der Waals surface area contributed by atoms with Crippen LogP contribution >= 0.6 is 15.9 Å². The highest BCUT2D eigenvalue weighted by Gasteiger charge is 2.28. The highest BCUT2D eigenvalue weighted by atomic mass is 79.9. The Bertz CT molecular complexity index is 351. The average molecular weight is 273 g/mol. The summed E-state index contributed by atoms with van der Waals surface area (Å²) >= 11 is 3.34. The summed E-state index contributed by atoms with van der Waals surface area (Å²) in [5.74, 6) is -0.198. The molecule has 1 aromatic carbocycles. The summed E-state index contributed by atoms with van der Waals surface area (Å²) in [6.45, 7) is 5.60. The van der Waals surface area contributed by atoms with Gasteiger partial charge in [0, 0.05) is 5.41 Å². The second-order valence-electron chi connectivity index (χ2n) is 4.53. The molecular weight excluding hydrogens is 259 g/mol. The van der Waals surface area contributed by atoms with Crippen molar-refractivity contribution in [2.75, 3.05) is 0 Å². The molecule has 15 heavy (non-hydrogen) atoms. The molecule has 0 bridgehead atoms. The first-order valence-corrected chi connectivity index (χ1v) is 5.68. The number of alkyl halides is 1. The van der Waals surface area contributed by atoms with Crippen molar-refractivity contribution in [2.24, 2.45) is 5.41 Å². The summed E-state index contributed by atoms with van der Waals surface area (Å²) in [6.07, 6.45) is 0. The molecule has 0 saturated carbocycles. The second-order valence-corrected chi connectivity index (χ2v) is 5.44. The van der Waals surface area contributed by atoms with E-state index in [9.17, 15) is 9.18 Å². The summed E-state index contributed by atoms with van der Waals surface area (Å²) in [5, 5.41) is 0. The molecule has 1 nitrogen and oxygen atoms in total. The van der Waals surface area contributed by atoms with Crippen molar-refractivity contribution in [1.29, 1.82) is 0 Å². The number of rotatable bonds is 2. The zero-order valence-electron chi connectivity index (χ0n) is 9.05. The van der Waals surface area contributed by atoms with Crippen LogP contribution in [0.2, 0.25) is 0 Å². The summed E-state index contributed by atoms with van der Waals surface area (Å²) in [4.78, 5) is 11.5. The Labute approximate surface area is 97.8 Å². The monoisotopic (exact) mass is 272 g/mol. The highest BCUT2D eigenvalue weighted by molar-refractivity contribution is 9.09. The maximum Gasteiger partial charge on any atom is 0.156 e. The number of hydrogen-bond acceptors (Lipinski definition) is 1. The van der Waals surface area contributed by atoms with Crippen molar-refractivity contribution in [3.05, 3.63) is 35.6 Å². The standard InChI is InChI=1S/C12H14BrFO/c1-12(2,3)11(15)10(13)8-4-6-9(14)7-5-8/h4-7,10H,1-3H3. The largest absolute Gasteiger partial charge is 0.297 e. The smallest absolute Gasteiger partial charge is 0.156 e. The number of Topliss-reactive ketones (excluding diaryl/α,β-unsaturated/α-hetero) is 1. The maximum absolute atomic E-state index is 12.7. The number of ketones is 1. The van der Waals surface area contributed by atoms with E-state index in [1.807, 2.05) is 20.8 Å². The van der Waals surface area contributed by atoms with Gasteiger partial charge in [-0.25, -0.2) is 4.39 Å². The zero-order valence-corrected chi connectivity index (χ0v) is 10.6. The van der Waals surface area contributed by atoms with Crippen molar-refractivity contribution < 1.29 is 9.18 Å². The van der Waals surface area contributed by atoms with E-state index in [0.717, 1.165) is 5.56 Å². The number of carbonyl (C=O) groups is 1. The van der Waals surface area contributed by atoms with Crippen LogP contribution in [0.25, 0.3) is 0 Å². The third-order valence-corrected chi connectivity index (χ3v) is 3.08. The fraction of sp³-hybridized carbons (Fsp3) is 0.417. The average Bonchev–Trinajstić information content (AvgIpc) is 2.15. The molecule has 0 amide bonds. The van der Waals surface area contributed by atoms with Crippen molar-refractivity contribution in [1.82, 2.24) is 0 Å². The summed E-state index contributed by atoms with van der Waals surface area (Å²) in [6, 6.07) is 5.97. The Morgan fingerprint density at radius 1 is 1.27 bits per heavy atom. The van der Waals surface area contributed by atoms with Crippen LogP contribution in [0.4, 0.5) is 4.39 Å². The van der Waals surface area contributed by atoms with Gasteiger partial charge in [-0.15, -0.1) is 0 Å². The van der Waals surface area contributed by atoms with Gasteiger partial charge in [-0.1, -0.05) is 48.8 Å². The van der Waals surface area contributed by atoms with E-state index in [1.54, 1.807) is 12.1 Å². The normalized spacial score (nSPS) is 13.7. The van der Waals surface area contributed by atoms with Crippen LogP contribution in [-0.4, -0.2) is 5.78 Å². The Hall–Kier alpha value is -0.700. The molecule has 1 rings (SSSR count). The molecule has 0 fully saturated rings. The lowest BCUT2D eigenvalue weighted by atomic mass is 9.87. The maximum atomic E-state index is 12.7. The van der Waals surface area contributed by atoms with Gasteiger partial charge in [-0.2, -0.15) is 0 Å². The van der Waals surface area contributed by atoms with E-state index >= 15 is 0 Å². The van der Waals surface area contributed by atoms with E-state index in [0.29, 0.717) is 0 Å². The first-order chi connectivity index (χ1) is 6.82. The predicted octanol–water partition coefficient (Wildman–Crippen LogP) is 3.88. The minimum atomic E-state index is -0.400. The third kappa shape index (κ3) is 3.13. The quantitative estimate of drug-likeness (QED) is 0.747. The third-order valence-electron chi connectivity index (χ3n) is 2.13. The van der Waals surface area contributed by atoms with Crippen LogP contribution in [-0.2, 0) is 4.79 Å². The van der Waals surface area contributed by atoms with E-state index in [1.165, 1.54) is 12.1 Å². The first-order valence-electron chi connectivity index (χ1n) is 4.76. The molecule has 1 aromatic rings. The van der Waals surface area contributed by atoms with Crippen molar-refractivity contribution in [2.45, 2.75) is 25.6 Å². The van der Waals surface area contributed by atoms with Crippen LogP contribution in [0.5, 0.6) is 0 Å². The molecule has 82 valence electrons. The van der Waals surface area contributed by atoms with Gasteiger partial charge in [0.25, 0.3) is 0 Å². The van der Waals surface area contributed by atoms with Gasteiger partial charge in [0.05, 0.1) is 4.83 Å². The molecule has 0 saturated heterocycles. The van der Waals surface area contributed by atoms with Crippen LogP contribution in [0, 0.1) is 11.2 Å². The van der Waals surface area contributed by atoms with Gasteiger partial charge >= 0.3 is 0 Å². The molecule has 0 N–H and O–H groups in total. The lowest BCUT2D eigenvalue weighted by Gasteiger charge is -2.20. The van der Waals surface area contributed by atoms with Crippen LogP contribution in [0.15, 0.2) is 24.3 Å². The lowest BCUT2D eigenvalue weighted by molar-refractivity contribution is -0.125. The minimum absolute atomic E-state index is 0.0918. The Morgan fingerprint density at radius 3 is 2.13 bits per heavy atom. The van der Waals surface area contributed by atoms with Gasteiger partial charge < -0.3 is 0 Å². The first kappa shape index (κ1) is 12.4. The van der Waals surface area contributed by atoms with E-state index in [2.05, 4.69) is 15.9 Å². The van der Waals surface area contributed by atoms with E-state index in [4.69, 9.17) is 0 Å². The van der Waals surface area contributed by atoms with E-state index in [-0.39, 0.29) is 16.4 Å². The summed E-state index contributed by atoms with van der Waals surface area (Å²) < 4.78 is 12.7. The predicted molar refractivity (Wildman–Crippen MR) is 62.5 cm³/mol. The van der Waals surface area contributed by atoms with Gasteiger partial charge in [0.2, 0.25) is 0 Å². The number of benzene rings is 1. The number of hydrogen-bond donors (Lipinski definition) is 0. The molecule has 0 aromatic heterocycles. The topological polar surface area (TPSA) is 17.1 Å². The molecule has 0 spiro atoms. The Morgan fingerprint density at radius 2 is 1.73 bits per heavy atom. The molecular formula is C12H14BrFO. The van der Waals surface area contributed by atoms with Gasteiger partial charge in [-0.05, 0) is 17.7 Å². The van der Waals surface area contributed by atoms with Crippen LogP contribution in [0.1, 0.15) is 31.2 Å². The Balaban J connectivity index is 2.90. The molecule has 0 heterocycles. The SMILES string of the molecule is CC(C)(C)C(=O)C(Br)c1ccc(F)cc1. The van der Waals surface area contributed by atoms with Crippen LogP contribution < -0.4 is 0 Å². The molecule has 1 atom stereocenters. The molecule has 0 aliphatic rings. The number of halogens is 2. The minimum Gasteiger partial charge on any atom is -0.297 e. The van der Waals surface area contributed by atoms with Crippen molar-refractivity contribution in [3.63, 3.8) is 0 Å². The fourth-order valence-electron chi connectivity index (χ4n) is 1.16. The number of carbonyl (C=O) groups excluding carboxylic acids is 1. The Kier molecular flexibility index (Phi) is 3.66. The van der Waals surface area contributed by atoms with Crippen LogP contribution in [0.3, 0.4) is 0 Å². The summed E-state index contributed by atoms with van der Waals surface area (Å²) in [5.41, 5.74) is 0.388. The van der Waals surface area contributed by atoms with Crippen molar-refractivity contribution >= 4 is 21.7 Å². The molecule has 0 aliphatic carbocycles. The molecule has 0 aliphatic heterocycles. The summed E-state index contributed by atoms with van der Waals surface area (Å²) in [7, 11) is 0. The lowest BCUT2D eigenvalue weighted by Crippen LogP contribution is -2.23. The van der Waals surface area contributed by atoms with E-state index < -0.39 is 5.41 Å². The van der Waals surface area contributed by atoms with Gasteiger partial charge in [0.1, 0.15) is 5.82 Å². The zero-order chi connectivity index (χ0) is 11.6.